The summed E-state index contributed by atoms with van der Waals surface area (Å²) < 4.78 is 5.38. The number of amides is 1. The smallest absolute Gasteiger partial charge is 0.305 e. The molecule has 2 aromatic carbocycles. The zero-order chi connectivity index (χ0) is 20.8. The number of rotatable bonds is 9. The third-order valence-electron chi connectivity index (χ3n) is 5.07. The molecule has 154 valence electrons. The van der Waals surface area contributed by atoms with E-state index in [0.717, 1.165) is 36.3 Å². The molecule has 0 unspecified atom stereocenters. The summed E-state index contributed by atoms with van der Waals surface area (Å²) in [6, 6.07) is 12.7. The number of nitrogens with zero attached hydrogens (tertiary/aromatic N) is 1. The van der Waals surface area contributed by atoms with Crippen molar-refractivity contribution in [2.24, 2.45) is 5.73 Å². The van der Waals surface area contributed by atoms with E-state index in [4.69, 9.17) is 20.7 Å². The summed E-state index contributed by atoms with van der Waals surface area (Å²) in [4.78, 5) is 25.0. The van der Waals surface area contributed by atoms with Gasteiger partial charge in [-0.25, -0.2) is 0 Å². The van der Waals surface area contributed by atoms with E-state index in [1.807, 2.05) is 36.4 Å². The first-order chi connectivity index (χ1) is 14.0. The van der Waals surface area contributed by atoms with Crippen LogP contribution in [0.4, 0.5) is 5.69 Å². The van der Waals surface area contributed by atoms with E-state index in [1.165, 1.54) is 11.1 Å². The predicted molar refractivity (Wildman–Crippen MR) is 109 cm³/mol. The van der Waals surface area contributed by atoms with Crippen LogP contribution in [0.5, 0.6) is 5.75 Å². The number of aliphatic hydroxyl groups excluding tert-OH is 1. The summed E-state index contributed by atoms with van der Waals surface area (Å²) in [6.07, 6.45) is 2.06. The van der Waals surface area contributed by atoms with Gasteiger partial charge in [-0.15, -0.1) is 0 Å². The monoisotopic (exact) mass is 398 g/mol. The van der Waals surface area contributed by atoms with Crippen LogP contribution in [0.1, 0.15) is 23.1 Å². The van der Waals surface area contributed by atoms with Crippen LogP contribution in [-0.4, -0.2) is 47.9 Å². The van der Waals surface area contributed by atoms with Gasteiger partial charge in [-0.1, -0.05) is 24.3 Å². The van der Waals surface area contributed by atoms with Crippen molar-refractivity contribution in [2.75, 3.05) is 24.7 Å². The minimum atomic E-state index is -1.08. The second-order valence-corrected chi connectivity index (χ2v) is 7.08. The van der Waals surface area contributed by atoms with Gasteiger partial charge in [0, 0.05) is 12.2 Å². The molecule has 1 heterocycles. The van der Waals surface area contributed by atoms with Crippen molar-refractivity contribution in [2.45, 2.75) is 31.7 Å². The average molecular weight is 398 g/mol. The lowest BCUT2D eigenvalue weighted by molar-refractivity contribution is -0.139. The number of aliphatic hydroxyl groups is 1. The van der Waals surface area contributed by atoms with Crippen molar-refractivity contribution >= 4 is 17.6 Å². The van der Waals surface area contributed by atoms with Crippen molar-refractivity contribution in [3.05, 3.63) is 59.2 Å². The van der Waals surface area contributed by atoms with Crippen LogP contribution in [-0.2, 0) is 28.9 Å². The molecule has 0 bridgehead atoms. The Morgan fingerprint density at radius 3 is 2.59 bits per heavy atom. The van der Waals surface area contributed by atoms with Crippen molar-refractivity contribution < 1.29 is 24.5 Å². The largest absolute Gasteiger partial charge is 0.491 e. The SMILES string of the molecule is N[C@H](CC(=O)O)C(=O)N1CCc2c(CCc3ccc(OCCO)cc3)cccc21. The van der Waals surface area contributed by atoms with Crippen LogP contribution < -0.4 is 15.4 Å². The normalized spacial score (nSPS) is 13.8. The van der Waals surface area contributed by atoms with Crippen molar-refractivity contribution in [3.63, 3.8) is 0 Å². The lowest BCUT2D eigenvalue weighted by atomic mass is 9.98. The van der Waals surface area contributed by atoms with Crippen molar-refractivity contribution in [3.8, 4) is 5.75 Å². The van der Waals surface area contributed by atoms with E-state index in [-0.39, 0.29) is 25.5 Å². The molecule has 7 nitrogen and oxygen atoms in total. The van der Waals surface area contributed by atoms with Crippen LogP contribution in [0, 0.1) is 0 Å². The van der Waals surface area contributed by atoms with Crippen LogP contribution in [0.2, 0.25) is 0 Å². The summed E-state index contributed by atoms with van der Waals surface area (Å²) >= 11 is 0. The van der Waals surface area contributed by atoms with Gasteiger partial charge in [0.05, 0.1) is 19.1 Å². The molecular formula is C22H26N2O5. The number of aryl methyl sites for hydroxylation is 2. The van der Waals surface area contributed by atoms with Crippen LogP contribution >= 0.6 is 0 Å². The number of aliphatic carboxylic acids is 1. The highest BCUT2D eigenvalue weighted by Gasteiger charge is 2.30. The standard InChI is InChI=1S/C22H26N2O5/c23-19(14-21(26)27)22(28)24-11-10-18-16(2-1-3-20(18)24)7-4-15-5-8-17(9-6-15)29-13-12-25/h1-3,5-6,8-9,19,25H,4,7,10-14,23H2,(H,26,27)/t19-/m1/s1. The first-order valence-electron chi connectivity index (χ1n) is 9.71. The Balaban J connectivity index is 1.66. The van der Waals surface area contributed by atoms with Crippen LogP contribution in [0.25, 0.3) is 0 Å². The number of hydrogen-bond acceptors (Lipinski definition) is 5. The lowest BCUT2D eigenvalue weighted by Crippen LogP contribution is -2.44. The fraction of sp³-hybridized carbons (Fsp3) is 0.364. The highest BCUT2D eigenvalue weighted by molar-refractivity contribution is 6.00. The minimum absolute atomic E-state index is 0.0123. The molecule has 29 heavy (non-hydrogen) atoms. The summed E-state index contributed by atoms with van der Waals surface area (Å²) in [7, 11) is 0. The number of fused-ring (bicyclic) bond motifs is 1. The van der Waals surface area contributed by atoms with Crippen molar-refractivity contribution in [1.29, 1.82) is 0 Å². The first-order valence-corrected chi connectivity index (χ1v) is 9.71. The zero-order valence-corrected chi connectivity index (χ0v) is 16.2. The van der Waals surface area contributed by atoms with Gasteiger partial charge in [-0.2, -0.15) is 0 Å². The molecule has 0 saturated carbocycles. The lowest BCUT2D eigenvalue weighted by Gasteiger charge is -2.21. The van der Waals surface area contributed by atoms with Crippen molar-refractivity contribution in [1.82, 2.24) is 0 Å². The molecule has 1 atom stereocenters. The van der Waals surface area contributed by atoms with Gasteiger partial charge in [0.2, 0.25) is 5.91 Å². The molecule has 7 heteroatoms. The van der Waals surface area contributed by atoms with Gasteiger partial charge in [0.25, 0.3) is 0 Å². The number of carbonyl (C=O) groups is 2. The molecule has 2 aromatic rings. The fourth-order valence-corrected chi connectivity index (χ4v) is 3.64. The highest BCUT2D eigenvalue weighted by Crippen LogP contribution is 2.32. The predicted octanol–water partition coefficient (Wildman–Crippen LogP) is 1.53. The third kappa shape index (κ3) is 5.13. The number of ether oxygens (including phenoxy) is 1. The zero-order valence-electron chi connectivity index (χ0n) is 16.2. The maximum atomic E-state index is 12.6. The Morgan fingerprint density at radius 1 is 1.14 bits per heavy atom. The second-order valence-electron chi connectivity index (χ2n) is 7.08. The maximum absolute atomic E-state index is 12.6. The number of benzene rings is 2. The van der Waals surface area contributed by atoms with Gasteiger partial charge in [0.1, 0.15) is 12.4 Å². The number of hydrogen-bond donors (Lipinski definition) is 3. The Kier molecular flexibility index (Phi) is 6.85. The summed E-state index contributed by atoms with van der Waals surface area (Å²) in [5, 5.41) is 17.7. The summed E-state index contributed by atoms with van der Waals surface area (Å²) in [5.41, 5.74) is 10.1. The molecule has 0 saturated heterocycles. The average Bonchev–Trinajstić information content (AvgIpc) is 3.15. The number of carbonyl (C=O) groups excluding carboxylic acids is 1. The van der Waals surface area contributed by atoms with Gasteiger partial charge >= 0.3 is 5.97 Å². The molecule has 0 aromatic heterocycles. The Labute approximate surface area is 169 Å². The number of carboxylic acids is 1. The Hall–Kier alpha value is -2.90. The maximum Gasteiger partial charge on any atom is 0.305 e. The molecule has 0 spiro atoms. The molecule has 4 N–H and O–H groups in total. The molecule has 3 rings (SSSR count). The van der Waals surface area contributed by atoms with E-state index in [2.05, 4.69) is 6.07 Å². The van der Waals surface area contributed by atoms with E-state index in [1.54, 1.807) is 4.90 Å². The number of anilines is 1. The topological polar surface area (TPSA) is 113 Å². The quantitative estimate of drug-likeness (QED) is 0.590. The van der Waals surface area contributed by atoms with Gasteiger partial charge in [0.15, 0.2) is 0 Å². The number of carboxylic acid groups (broad SMARTS) is 1. The minimum Gasteiger partial charge on any atom is -0.491 e. The molecule has 1 amide bonds. The Bertz CT molecular complexity index is 866. The third-order valence-corrected chi connectivity index (χ3v) is 5.07. The van der Waals surface area contributed by atoms with E-state index < -0.39 is 12.0 Å². The molecule has 1 aliphatic heterocycles. The highest BCUT2D eigenvalue weighted by atomic mass is 16.5. The molecule has 0 fully saturated rings. The van der Waals surface area contributed by atoms with E-state index >= 15 is 0 Å². The van der Waals surface area contributed by atoms with Crippen LogP contribution in [0.15, 0.2) is 42.5 Å². The molecular weight excluding hydrogens is 372 g/mol. The molecule has 1 aliphatic rings. The van der Waals surface area contributed by atoms with E-state index in [9.17, 15) is 9.59 Å². The number of nitrogens with two attached hydrogens (primary N) is 1. The second kappa shape index (κ2) is 9.54. The first kappa shape index (κ1) is 20.8. The van der Waals surface area contributed by atoms with Gasteiger partial charge < -0.3 is 25.6 Å². The van der Waals surface area contributed by atoms with Crippen LogP contribution in [0.3, 0.4) is 0 Å². The van der Waals surface area contributed by atoms with Gasteiger partial charge in [-0.05, 0) is 54.2 Å². The summed E-state index contributed by atoms with van der Waals surface area (Å²) in [6.45, 7) is 0.790. The van der Waals surface area contributed by atoms with E-state index in [0.29, 0.717) is 6.54 Å². The molecule has 0 radical (unpaired) electrons. The summed E-state index contributed by atoms with van der Waals surface area (Å²) in [5.74, 6) is -0.691. The molecule has 0 aliphatic carbocycles. The van der Waals surface area contributed by atoms with Gasteiger partial charge in [-0.3, -0.25) is 9.59 Å². The fourth-order valence-electron chi connectivity index (χ4n) is 3.64. The Morgan fingerprint density at radius 2 is 1.90 bits per heavy atom.